The topological polar surface area (TPSA) is 83.8 Å². The molecule has 5 nitrogen and oxygen atoms in total. The maximum atomic E-state index is 13.0. The van der Waals surface area contributed by atoms with Gasteiger partial charge in [0.2, 0.25) is 0 Å². The van der Waals surface area contributed by atoms with E-state index in [4.69, 9.17) is 5.73 Å². The van der Waals surface area contributed by atoms with Crippen molar-refractivity contribution in [3.05, 3.63) is 59.9 Å². The van der Waals surface area contributed by atoms with E-state index in [0.717, 1.165) is 40.3 Å². The van der Waals surface area contributed by atoms with E-state index >= 15 is 0 Å². The second-order valence-electron chi connectivity index (χ2n) is 7.52. The van der Waals surface area contributed by atoms with E-state index in [0.29, 0.717) is 24.1 Å². The zero-order chi connectivity index (χ0) is 19.0. The molecule has 0 spiro atoms. The average Bonchev–Trinajstić information content (AvgIpc) is 3.01. The summed E-state index contributed by atoms with van der Waals surface area (Å²) in [6.45, 7) is 4.36. The Hall–Kier alpha value is -3.08. The maximum absolute atomic E-state index is 13.0. The molecule has 138 valence electrons. The van der Waals surface area contributed by atoms with Crippen LogP contribution < -0.4 is 11.1 Å². The molecule has 27 heavy (non-hydrogen) atoms. The Morgan fingerprint density at radius 2 is 1.96 bits per heavy atom. The molecule has 1 atom stereocenters. The van der Waals surface area contributed by atoms with Crippen LogP contribution in [0.4, 0.5) is 17.2 Å². The van der Waals surface area contributed by atoms with Gasteiger partial charge in [0, 0.05) is 29.6 Å². The minimum atomic E-state index is 0.193. The molecule has 1 aliphatic carbocycles. The predicted octanol–water partition coefficient (Wildman–Crippen LogP) is 4.80. The van der Waals surface area contributed by atoms with Crippen molar-refractivity contribution in [1.29, 1.82) is 0 Å². The number of nitrogen functional groups attached to an aromatic ring is 1. The number of carbonyl (C=O) groups excluding carboxylic acids is 1. The number of fused-ring (bicyclic) bond motifs is 1. The third-order valence-electron chi connectivity index (χ3n) is 5.33. The van der Waals surface area contributed by atoms with Crippen LogP contribution in [0.2, 0.25) is 0 Å². The molecule has 5 heteroatoms. The number of hydrogen-bond acceptors (Lipinski definition) is 4. The van der Waals surface area contributed by atoms with Gasteiger partial charge in [-0.05, 0) is 42.5 Å². The molecule has 0 saturated heterocycles. The number of H-pyrrole nitrogens is 1. The molecule has 0 bridgehead atoms. The molecule has 3 aromatic rings. The summed E-state index contributed by atoms with van der Waals surface area (Å²) in [5, 5.41) is 3.46. The first-order chi connectivity index (χ1) is 13.0. The number of carbonyl (C=O) groups is 1. The summed E-state index contributed by atoms with van der Waals surface area (Å²) < 4.78 is 0. The van der Waals surface area contributed by atoms with Crippen molar-refractivity contribution in [2.75, 3.05) is 11.1 Å². The van der Waals surface area contributed by atoms with Crippen molar-refractivity contribution >= 4 is 23.0 Å². The van der Waals surface area contributed by atoms with Gasteiger partial charge in [0.25, 0.3) is 0 Å². The SMILES string of the molecule is CC(C)C1CC(=O)c2c([nH]c(-c3ccnc(N)c3)c2Nc2ccccc2)C1. The molecule has 2 heterocycles. The molecule has 0 amide bonds. The number of nitrogens with two attached hydrogens (primary N) is 1. The zero-order valence-electron chi connectivity index (χ0n) is 15.6. The van der Waals surface area contributed by atoms with E-state index in [1.54, 1.807) is 6.20 Å². The Bertz CT molecular complexity index is 975. The van der Waals surface area contributed by atoms with Gasteiger partial charge in [-0.2, -0.15) is 0 Å². The van der Waals surface area contributed by atoms with Gasteiger partial charge >= 0.3 is 0 Å². The Kier molecular flexibility index (Phi) is 4.44. The standard InChI is InChI=1S/C22H24N4O/c1-13(2)15-10-17-20(18(27)11-15)22(25-16-6-4-3-5-7-16)21(26-17)14-8-9-24-19(23)12-14/h3-9,12-13,15,25-26H,10-11H2,1-2H3,(H2,23,24). The number of hydrogen-bond donors (Lipinski definition) is 3. The van der Waals surface area contributed by atoms with Crippen molar-refractivity contribution in [2.24, 2.45) is 11.8 Å². The fourth-order valence-electron chi connectivity index (χ4n) is 3.77. The second-order valence-corrected chi connectivity index (χ2v) is 7.52. The molecule has 1 unspecified atom stereocenters. The number of ketones is 1. The highest BCUT2D eigenvalue weighted by Gasteiger charge is 2.32. The number of pyridine rings is 1. The summed E-state index contributed by atoms with van der Waals surface area (Å²) in [7, 11) is 0. The second kappa shape index (κ2) is 6.91. The highest BCUT2D eigenvalue weighted by molar-refractivity contribution is 6.07. The van der Waals surface area contributed by atoms with Gasteiger partial charge in [-0.3, -0.25) is 4.79 Å². The number of para-hydroxylation sites is 1. The highest BCUT2D eigenvalue weighted by atomic mass is 16.1. The quantitative estimate of drug-likeness (QED) is 0.624. The van der Waals surface area contributed by atoms with Crippen molar-refractivity contribution < 1.29 is 4.79 Å². The number of aromatic amines is 1. The predicted molar refractivity (Wildman–Crippen MR) is 109 cm³/mol. The normalized spacial score (nSPS) is 16.4. The first kappa shape index (κ1) is 17.3. The lowest BCUT2D eigenvalue weighted by Crippen LogP contribution is -2.23. The molecule has 0 fully saturated rings. The molecular weight excluding hydrogens is 336 g/mol. The molecular formula is C22H24N4O. The number of nitrogens with one attached hydrogen (secondary N) is 2. The van der Waals surface area contributed by atoms with E-state index in [1.165, 1.54) is 0 Å². The van der Waals surface area contributed by atoms with Crippen molar-refractivity contribution in [1.82, 2.24) is 9.97 Å². The molecule has 0 saturated carbocycles. The molecule has 1 aromatic carbocycles. The number of anilines is 3. The van der Waals surface area contributed by atoms with Gasteiger partial charge in [0.05, 0.1) is 16.9 Å². The third kappa shape index (κ3) is 3.33. The zero-order valence-corrected chi connectivity index (χ0v) is 15.6. The lowest BCUT2D eigenvalue weighted by atomic mass is 9.80. The van der Waals surface area contributed by atoms with E-state index in [2.05, 4.69) is 29.1 Å². The summed E-state index contributed by atoms with van der Waals surface area (Å²) in [4.78, 5) is 20.6. The largest absolute Gasteiger partial charge is 0.384 e. The Morgan fingerprint density at radius 3 is 2.67 bits per heavy atom. The van der Waals surface area contributed by atoms with E-state index in [-0.39, 0.29) is 5.78 Å². The van der Waals surface area contributed by atoms with Crippen LogP contribution in [0.1, 0.15) is 36.3 Å². The Balaban J connectivity index is 1.85. The van der Waals surface area contributed by atoms with Crippen LogP contribution in [-0.4, -0.2) is 15.8 Å². The van der Waals surface area contributed by atoms with Crippen molar-refractivity contribution in [3.63, 3.8) is 0 Å². The first-order valence-electron chi connectivity index (χ1n) is 9.35. The van der Waals surface area contributed by atoms with Crippen LogP contribution in [0.3, 0.4) is 0 Å². The fourth-order valence-corrected chi connectivity index (χ4v) is 3.77. The van der Waals surface area contributed by atoms with Crippen molar-refractivity contribution in [3.8, 4) is 11.3 Å². The van der Waals surface area contributed by atoms with Gasteiger partial charge in [0.15, 0.2) is 5.78 Å². The van der Waals surface area contributed by atoms with E-state index < -0.39 is 0 Å². The van der Waals surface area contributed by atoms with Crippen LogP contribution in [0, 0.1) is 11.8 Å². The summed E-state index contributed by atoms with van der Waals surface area (Å²) >= 11 is 0. The molecule has 0 aliphatic heterocycles. The van der Waals surface area contributed by atoms with Crippen LogP contribution in [-0.2, 0) is 6.42 Å². The first-order valence-corrected chi connectivity index (χ1v) is 9.35. The molecule has 4 N–H and O–H groups in total. The van der Waals surface area contributed by atoms with Gasteiger partial charge in [-0.1, -0.05) is 32.0 Å². The molecule has 2 aromatic heterocycles. The van der Waals surface area contributed by atoms with Crippen LogP contribution in [0.5, 0.6) is 0 Å². The summed E-state index contributed by atoms with van der Waals surface area (Å²) in [6, 6.07) is 13.7. The Morgan fingerprint density at radius 1 is 1.19 bits per heavy atom. The van der Waals surface area contributed by atoms with Gasteiger partial charge in [0.1, 0.15) is 5.82 Å². The average molecular weight is 360 g/mol. The van der Waals surface area contributed by atoms with Crippen LogP contribution >= 0.6 is 0 Å². The van der Waals surface area contributed by atoms with Crippen molar-refractivity contribution in [2.45, 2.75) is 26.7 Å². The van der Waals surface area contributed by atoms with Gasteiger partial charge < -0.3 is 16.0 Å². The summed E-state index contributed by atoms with van der Waals surface area (Å²) in [5.74, 6) is 1.48. The number of benzene rings is 1. The fraction of sp³-hybridized carbons (Fsp3) is 0.273. The lowest BCUT2D eigenvalue weighted by Gasteiger charge is -2.25. The van der Waals surface area contributed by atoms with E-state index in [9.17, 15) is 4.79 Å². The Labute approximate surface area is 159 Å². The third-order valence-corrected chi connectivity index (χ3v) is 5.33. The summed E-state index contributed by atoms with van der Waals surface area (Å²) in [6.07, 6.45) is 3.15. The molecule has 1 aliphatic rings. The number of nitrogens with zero attached hydrogens (tertiary/aromatic N) is 1. The minimum Gasteiger partial charge on any atom is -0.384 e. The van der Waals surface area contributed by atoms with Crippen LogP contribution in [0.25, 0.3) is 11.3 Å². The lowest BCUT2D eigenvalue weighted by molar-refractivity contribution is 0.0934. The van der Waals surface area contributed by atoms with Crippen LogP contribution in [0.15, 0.2) is 48.7 Å². The smallest absolute Gasteiger partial charge is 0.167 e. The van der Waals surface area contributed by atoms with Gasteiger partial charge in [-0.25, -0.2) is 4.98 Å². The number of rotatable bonds is 4. The number of aromatic nitrogens is 2. The highest BCUT2D eigenvalue weighted by Crippen LogP contribution is 2.41. The summed E-state index contributed by atoms with van der Waals surface area (Å²) in [5.41, 5.74) is 11.3. The monoisotopic (exact) mass is 360 g/mol. The molecule has 0 radical (unpaired) electrons. The molecule has 4 rings (SSSR count). The maximum Gasteiger partial charge on any atom is 0.167 e. The number of Topliss-reactive ketones (excluding diaryl/α,β-unsaturated/α-hetero) is 1. The van der Waals surface area contributed by atoms with E-state index in [1.807, 2.05) is 42.5 Å². The minimum absolute atomic E-state index is 0.193. The van der Waals surface area contributed by atoms with Gasteiger partial charge in [-0.15, -0.1) is 0 Å².